The number of nitrogens with one attached hydrogen (secondary N) is 2. The van der Waals surface area contributed by atoms with Crippen molar-refractivity contribution in [2.24, 2.45) is 0 Å². The molecule has 0 saturated carbocycles. The number of nitrogens with zero attached hydrogens (tertiary/aromatic N) is 1. The number of aliphatic carboxylic acids is 1. The fraction of sp³-hybridized carbons (Fsp3) is 0.529. The molecule has 1 atom stereocenters. The van der Waals surface area contributed by atoms with Crippen LogP contribution in [0, 0.1) is 0 Å². The number of carbonyl (C=O) groups excluding carboxylic acids is 1. The van der Waals surface area contributed by atoms with E-state index in [1.54, 1.807) is 11.3 Å². The van der Waals surface area contributed by atoms with Crippen molar-refractivity contribution in [2.75, 3.05) is 5.75 Å². The topological polar surface area (TPSA) is 112 Å². The first-order valence-corrected chi connectivity index (χ1v) is 10.6. The zero-order chi connectivity index (χ0) is 18.7. The minimum atomic E-state index is -1.06. The van der Waals surface area contributed by atoms with Gasteiger partial charge in [0.05, 0.1) is 11.1 Å². The lowest BCUT2D eigenvalue weighted by Crippen LogP contribution is -2.38. The Kier molecular flexibility index (Phi) is 5.98. The molecule has 7 nitrogen and oxygen atoms in total. The molecule has 1 amide bonds. The molecule has 0 unspecified atom stereocenters. The predicted molar refractivity (Wildman–Crippen MR) is 103 cm³/mol. The van der Waals surface area contributed by atoms with Gasteiger partial charge in [-0.25, -0.2) is 4.98 Å². The molecule has 26 heavy (non-hydrogen) atoms. The second kappa shape index (κ2) is 8.22. The highest BCUT2D eigenvalue weighted by Crippen LogP contribution is 2.33. The summed E-state index contributed by atoms with van der Waals surface area (Å²) in [5.41, 5.74) is 1.10. The van der Waals surface area contributed by atoms with E-state index >= 15 is 0 Å². The van der Waals surface area contributed by atoms with E-state index in [1.165, 1.54) is 35.5 Å². The molecule has 1 aliphatic carbocycles. The van der Waals surface area contributed by atoms with Crippen molar-refractivity contribution in [1.82, 2.24) is 15.3 Å². The van der Waals surface area contributed by atoms with E-state index in [0.717, 1.165) is 29.5 Å². The molecule has 0 bridgehead atoms. The van der Waals surface area contributed by atoms with Crippen LogP contribution in [-0.4, -0.2) is 38.7 Å². The van der Waals surface area contributed by atoms with Crippen molar-refractivity contribution in [3.8, 4) is 0 Å². The van der Waals surface area contributed by atoms with Crippen LogP contribution in [0.2, 0.25) is 0 Å². The first-order chi connectivity index (χ1) is 12.5. The Bertz CT molecular complexity index is 890. The first-order valence-electron chi connectivity index (χ1n) is 8.59. The summed E-state index contributed by atoms with van der Waals surface area (Å²) in [7, 11) is 0. The summed E-state index contributed by atoms with van der Waals surface area (Å²) in [6, 6.07) is -0.891. The van der Waals surface area contributed by atoms with Gasteiger partial charge in [0.2, 0.25) is 5.91 Å². The monoisotopic (exact) mass is 395 g/mol. The van der Waals surface area contributed by atoms with Crippen LogP contribution in [0.25, 0.3) is 10.2 Å². The summed E-state index contributed by atoms with van der Waals surface area (Å²) in [5.74, 6) is 0.302. The van der Waals surface area contributed by atoms with Crippen LogP contribution in [-0.2, 0) is 28.2 Å². The van der Waals surface area contributed by atoms with E-state index in [2.05, 4.69) is 15.3 Å². The molecule has 2 aromatic rings. The van der Waals surface area contributed by atoms with Crippen LogP contribution in [0.1, 0.15) is 42.5 Å². The zero-order valence-electron chi connectivity index (χ0n) is 14.5. The van der Waals surface area contributed by atoms with Crippen molar-refractivity contribution >= 4 is 45.2 Å². The number of hydrogen-bond donors (Lipinski definition) is 3. The number of aromatic amines is 1. The van der Waals surface area contributed by atoms with Crippen molar-refractivity contribution in [1.29, 1.82) is 0 Å². The van der Waals surface area contributed by atoms with Gasteiger partial charge in [-0.15, -0.1) is 11.3 Å². The molecule has 0 aromatic carbocycles. The maximum absolute atomic E-state index is 12.4. The average molecular weight is 396 g/mol. The molecule has 2 aromatic heterocycles. The fourth-order valence-corrected chi connectivity index (χ4v) is 5.07. The number of thioether (sulfide) groups is 1. The van der Waals surface area contributed by atoms with Crippen LogP contribution < -0.4 is 10.9 Å². The number of carbonyl (C=O) groups is 2. The molecular formula is C17H21N3O4S2. The predicted octanol–water partition coefficient (Wildman–Crippen LogP) is 2.08. The number of rotatable bonds is 7. The Labute approximate surface area is 158 Å². The Balaban J connectivity index is 1.57. The number of aryl methyl sites for hydroxylation is 2. The Morgan fingerprint density at radius 1 is 1.38 bits per heavy atom. The molecule has 0 saturated heterocycles. The van der Waals surface area contributed by atoms with E-state index in [0.29, 0.717) is 17.3 Å². The highest BCUT2D eigenvalue weighted by atomic mass is 32.2. The van der Waals surface area contributed by atoms with Gasteiger partial charge in [0.25, 0.3) is 5.56 Å². The van der Waals surface area contributed by atoms with Gasteiger partial charge < -0.3 is 15.4 Å². The van der Waals surface area contributed by atoms with Crippen molar-refractivity contribution in [3.63, 3.8) is 0 Å². The number of aromatic nitrogens is 2. The Morgan fingerprint density at radius 3 is 2.92 bits per heavy atom. The summed E-state index contributed by atoms with van der Waals surface area (Å²) in [5, 5.41) is 11.9. The minimum Gasteiger partial charge on any atom is -0.480 e. The number of carboxylic acid groups (broad SMARTS) is 1. The van der Waals surface area contributed by atoms with Crippen LogP contribution in [0.15, 0.2) is 4.79 Å². The quantitative estimate of drug-likeness (QED) is 0.619. The lowest BCUT2D eigenvalue weighted by Gasteiger charge is -2.09. The third-order valence-electron chi connectivity index (χ3n) is 4.33. The summed E-state index contributed by atoms with van der Waals surface area (Å²) in [6.45, 7) is 1.43. The standard InChI is InChI=1S/C17H21N3O4S2/c1-9(17(23)24)18-13(21)6-7-25-8-12-19-15(22)14-10-4-2-3-5-11(10)26-16(14)20-12/h9H,2-8H2,1H3,(H,18,21)(H,23,24)(H,19,20,22)/t9-/m0/s1. The molecule has 1 aliphatic rings. The SMILES string of the molecule is C[C@H](NC(=O)CCSCc1nc2sc3c(c2c(=O)[nH]1)CCCC3)C(=O)O. The van der Waals surface area contributed by atoms with Gasteiger partial charge in [0, 0.05) is 17.1 Å². The molecule has 2 heterocycles. The molecule has 0 spiro atoms. The normalized spacial score (nSPS) is 14.8. The van der Waals surface area contributed by atoms with Crippen LogP contribution in [0.5, 0.6) is 0 Å². The molecule has 9 heteroatoms. The molecule has 0 aliphatic heterocycles. The summed E-state index contributed by atoms with van der Waals surface area (Å²) in [6.07, 6.45) is 4.51. The van der Waals surface area contributed by atoms with Crippen LogP contribution in [0.3, 0.4) is 0 Å². The highest BCUT2D eigenvalue weighted by molar-refractivity contribution is 7.98. The summed E-state index contributed by atoms with van der Waals surface area (Å²) < 4.78 is 0. The number of thiophene rings is 1. The number of fused-ring (bicyclic) bond motifs is 3. The lowest BCUT2D eigenvalue weighted by atomic mass is 9.97. The first kappa shape index (κ1) is 18.9. The molecule has 3 rings (SSSR count). The van der Waals surface area contributed by atoms with Gasteiger partial charge in [-0.1, -0.05) is 0 Å². The Hall–Kier alpha value is -1.87. The van der Waals surface area contributed by atoms with Crippen LogP contribution in [0.4, 0.5) is 0 Å². The van der Waals surface area contributed by atoms with E-state index in [4.69, 9.17) is 5.11 Å². The largest absolute Gasteiger partial charge is 0.480 e. The average Bonchev–Trinajstić information content (AvgIpc) is 2.97. The van der Waals surface area contributed by atoms with Gasteiger partial charge in [0.1, 0.15) is 16.7 Å². The van der Waals surface area contributed by atoms with Gasteiger partial charge in [-0.05, 0) is 38.2 Å². The van der Waals surface area contributed by atoms with E-state index in [-0.39, 0.29) is 17.9 Å². The van der Waals surface area contributed by atoms with Crippen LogP contribution >= 0.6 is 23.1 Å². The third kappa shape index (κ3) is 4.27. The van der Waals surface area contributed by atoms with E-state index < -0.39 is 12.0 Å². The van der Waals surface area contributed by atoms with Crippen molar-refractivity contribution in [3.05, 3.63) is 26.6 Å². The van der Waals surface area contributed by atoms with Gasteiger partial charge in [0.15, 0.2) is 0 Å². The van der Waals surface area contributed by atoms with Crippen molar-refractivity contribution in [2.45, 2.75) is 50.8 Å². The minimum absolute atomic E-state index is 0.0713. The molecule has 140 valence electrons. The van der Waals surface area contributed by atoms with Gasteiger partial charge in [-0.2, -0.15) is 11.8 Å². The molecular weight excluding hydrogens is 374 g/mol. The number of carboxylic acids is 1. The molecule has 0 fully saturated rings. The fourth-order valence-electron chi connectivity index (χ4n) is 2.99. The number of hydrogen-bond acceptors (Lipinski definition) is 6. The Morgan fingerprint density at radius 2 is 2.15 bits per heavy atom. The second-order valence-corrected chi connectivity index (χ2v) is 8.52. The summed E-state index contributed by atoms with van der Waals surface area (Å²) >= 11 is 3.11. The van der Waals surface area contributed by atoms with Crippen molar-refractivity contribution < 1.29 is 14.7 Å². The molecule has 0 radical (unpaired) electrons. The lowest BCUT2D eigenvalue weighted by molar-refractivity contribution is -0.141. The van der Waals surface area contributed by atoms with E-state index in [1.807, 2.05) is 0 Å². The maximum atomic E-state index is 12.4. The third-order valence-corrected chi connectivity index (χ3v) is 6.49. The molecule has 3 N–H and O–H groups in total. The second-order valence-electron chi connectivity index (χ2n) is 6.33. The zero-order valence-corrected chi connectivity index (χ0v) is 16.1. The van der Waals surface area contributed by atoms with Gasteiger partial charge in [-0.3, -0.25) is 14.4 Å². The van der Waals surface area contributed by atoms with E-state index in [9.17, 15) is 14.4 Å². The summed E-state index contributed by atoms with van der Waals surface area (Å²) in [4.78, 5) is 44.3. The highest BCUT2D eigenvalue weighted by Gasteiger charge is 2.19. The maximum Gasteiger partial charge on any atom is 0.325 e. The number of H-pyrrole nitrogens is 1. The van der Waals surface area contributed by atoms with Gasteiger partial charge >= 0.3 is 5.97 Å². The smallest absolute Gasteiger partial charge is 0.325 e. The number of amides is 1.